The van der Waals surface area contributed by atoms with Gasteiger partial charge in [0.05, 0.1) is 19.9 Å². The highest BCUT2D eigenvalue weighted by molar-refractivity contribution is 6.06. The Morgan fingerprint density at radius 1 is 1.08 bits per heavy atom. The molecule has 0 saturated carbocycles. The standard InChI is InChI=1S/C20H19NO3/c1-15-5-3-6-16(13-15)20(22)21(14-19-7-4-12-24-19)17-8-10-18(23-2)11-9-17/h3-13H,14H2,1-2H3. The number of carbonyl (C=O) groups is 1. The molecule has 0 bridgehead atoms. The summed E-state index contributed by atoms with van der Waals surface area (Å²) in [6.45, 7) is 2.34. The Hall–Kier alpha value is -3.01. The van der Waals surface area contributed by atoms with Crippen LogP contribution in [0.15, 0.2) is 71.3 Å². The summed E-state index contributed by atoms with van der Waals surface area (Å²) in [5.41, 5.74) is 2.49. The number of benzene rings is 2. The average molecular weight is 321 g/mol. The Bertz CT molecular complexity index is 807. The van der Waals surface area contributed by atoms with Crippen LogP contribution in [0, 0.1) is 6.92 Å². The Labute approximate surface area is 141 Å². The fourth-order valence-electron chi connectivity index (χ4n) is 2.53. The minimum atomic E-state index is -0.0692. The monoisotopic (exact) mass is 321 g/mol. The fraction of sp³-hybridized carbons (Fsp3) is 0.150. The van der Waals surface area contributed by atoms with E-state index in [0.717, 1.165) is 22.8 Å². The van der Waals surface area contributed by atoms with Gasteiger partial charge in [-0.25, -0.2) is 0 Å². The second-order valence-corrected chi connectivity index (χ2v) is 5.54. The fourth-order valence-corrected chi connectivity index (χ4v) is 2.53. The van der Waals surface area contributed by atoms with Crippen molar-refractivity contribution >= 4 is 11.6 Å². The van der Waals surface area contributed by atoms with Gasteiger partial charge in [0.2, 0.25) is 0 Å². The molecule has 0 aliphatic carbocycles. The molecule has 0 aliphatic rings. The molecule has 3 rings (SSSR count). The number of hydrogen-bond acceptors (Lipinski definition) is 3. The maximum atomic E-state index is 13.0. The predicted molar refractivity (Wildman–Crippen MR) is 93.4 cm³/mol. The second kappa shape index (κ2) is 7.04. The Morgan fingerprint density at radius 3 is 2.50 bits per heavy atom. The number of anilines is 1. The van der Waals surface area contributed by atoms with Crippen LogP contribution in [0.25, 0.3) is 0 Å². The third-order valence-corrected chi connectivity index (χ3v) is 3.79. The maximum Gasteiger partial charge on any atom is 0.258 e. The van der Waals surface area contributed by atoms with E-state index in [1.165, 1.54) is 0 Å². The van der Waals surface area contributed by atoms with Gasteiger partial charge in [0.15, 0.2) is 0 Å². The Morgan fingerprint density at radius 2 is 1.88 bits per heavy atom. The van der Waals surface area contributed by atoms with Gasteiger partial charge in [-0.15, -0.1) is 0 Å². The van der Waals surface area contributed by atoms with Crippen molar-refractivity contribution in [3.8, 4) is 5.75 Å². The van der Waals surface area contributed by atoms with E-state index in [0.29, 0.717) is 12.1 Å². The number of methoxy groups -OCH3 is 1. The van der Waals surface area contributed by atoms with Gasteiger partial charge in [-0.2, -0.15) is 0 Å². The highest BCUT2D eigenvalue weighted by atomic mass is 16.5. The van der Waals surface area contributed by atoms with E-state index >= 15 is 0 Å². The summed E-state index contributed by atoms with van der Waals surface area (Å²) in [5, 5.41) is 0. The number of ether oxygens (including phenoxy) is 1. The first-order chi connectivity index (χ1) is 11.7. The van der Waals surface area contributed by atoms with Crippen molar-refractivity contribution in [2.45, 2.75) is 13.5 Å². The molecule has 2 aromatic carbocycles. The smallest absolute Gasteiger partial charge is 0.258 e. The van der Waals surface area contributed by atoms with Crippen LogP contribution in [-0.2, 0) is 6.54 Å². The number of carbonyl (C=O) groups excluding carboxylic acids is 1. The molecule has 0 unspecified atom stereocenters. The number of nitrogens with zero attached hydrogens (tertiary/aromatic N) is 1. The zero-order chi connectivity index (χ0) is 16.9. The van der Waals surface area contributed by atoms with Crippen molar-refractivity contribution in [1.29, 1.82) is 0 Å². The third kappa shape index (κ3) is 3.49. The van der Waals surface area contributed by atoms with Gasteiger partial charge in [0.25, 0.3) is 5.91 Å². The van der Waals surface area contributed by atoms with Gasteiger partial charge in [-0.1, -0.05) is 17.7 Å². The van der Waals surface area contributed by atoms with Gasteiger partial charge in [-0.3, -0.25) is 4.79 Å². The summed E-state index contributed by atoms with van der Waals surface area (Å²) in [4.78, 5) is 14.7. The molecule has 1 aromatic heterocycles. The minimum Gasteiger partial charge on any atom is -0.497 e. The maximum absolute atomic E-state index is 13.0. The minimum absolute atomic E-state index is 0.0692. The first kappa shape index (κ1) is 15.9. The lowest BCUT2D eigenvalue weighted by Gasteiger charge is -2.22. The predicted octanol–water partition coefficient (Wildman–Crippen LogP) is 4.44. The summed E-state index contributed by atoms with van der Waals surface area (Å²) in [7, 11) is 1.62. The number of aryl methyl sites for hydroxylation is 1. The Kier molecular flexibility index (Phi) is 4.66. The van der Waals surface area contributed by atoms with Crippen LogP contribution in [-0.4, -0.2) is 13.0 Å². The van der Waals surface area contributed by atoms with Crippen LogP contribution >= 0.6 is 0 Å². The molecule has 0 aliphatic heterocycles. The molecule has 4 nitrogen and oxygen atoms in total. The molecular weight excluding hydrogens is 302 g/mol. The molecule has 4 heteroatoms. The molecule has 0 radical (unpaired) electrons. The highest BCUT2D eigenvalue weighted by Gasteiger charge is 2.19. The van der Waals surface area contributed by atoms with Crippen LogP contribution in [0.3, 0.4) is 0 Å². The number of hydrogen-bond donors (Lipinski definition) is 0. The summed E-state index contributed by atoms with van der Waals surface area (Å²) >= 11 is 0. The lowest BCUT2D eigenvalue weighted by molar-refractivity contribution is 0.0983. The van der Waals surface area contributed by atoms with Crippen LogP contribution in [0.4, 0.5) is 5.69 Å². The zero-order valence-corrected chi connectivity index (χ0v) is 13.7. The van der Waals surface area contributed by atoms with E-state index in [2.05, 4.69) is 0 Å². The molecule has 0 atom stereocenters. The van der Waals surface area contributed by atoms with E-state index in [-0.39, 0.29) is 5.91 Å². The summed E-state index contributed by atoms with van der Waals surface area (Å²) in [6.07, 6.45) is 1.61. The van der Waals surface area contributed by atoms with E-state index < -0.39 is 0 Å². The average Bonchev–Trinajstić information content (AvgIpc) is 3.12. The molecule has 0 fully saturated rings. The lowest BCUT2D eigenvalue weighted by Crippen LogP contribution is -2.30. The SMILES string of the molecule is COc1ccc(N(Cc2ccco2)C(=O)c2cccc(C)c2)cc1. The highest BCUT2D eigenvalue weighted by Crippen LogP contribution is 2.23. The zero-order valence-electron chi connectivity index (χ0n) is 13.7. The van der Waals surface area contributed by atoms with Gasteiger partial charge in [0.1, 0.15) is 11.5 Å². The molecule has 1 amide bonds. The van der Waals surface area contributed by atoms with Crippen LogP contribution in [0.5, 0.6) is 5.75 Å². The van der Waals surface area contributed by atoms with Crippen molar-refractivity contribution in [2.75, 3.05) is 12.0 Å². The van der Waals surface area contributed by atoms with Crippen molar-refractivity contribution in [2.24, 2.45) is 0 Å². The van der Waals surface area contributed by atoms with Crippen molar-refractivity contribution < 1.29 is 13.9 Å². The molecule has 0 saturated heterocycles. The number of furan rings is 1. The first-order valence-corrected chi connectivity index (χ1v) is 7.72. The molecule has 1 heterocycles. The summed E-state index contributed by atoms with van der Waals surface area (Å²) < 4.78 is 10.6. The molecule has 0 spiro atoms. The molecular formula is C20H19NO3. The lowest BCUT2D eigenvalue weighted by atomic mass is 10.1. The van der Waals surface area contributed by atoms with E-state index in [9.17, 15) is 4.79 Å². The number of rotatable bonds is 5. The molecule has 24 heavy (non-hydrogen) atoms. The third-order valence-electron chi connectivity index (χ3n) is 3.79. The second-order valence-electron chi connectivity index (χ2n) is 5.54. The van der Waals surface area contributed by atoms with E-state index in [4.69, 9.17) is 9.15 Å². The molecule has 122 valence electrons. The normalized spacial score (nSPS) is 10.4. The van der Waals surface area contributed by atoms with Gasteiger partial charge >= 0.3 is 0 Å². The van der Waals surface area contributed by atoms with Crippen LogP contribution in [0.1, 0.15) is 21.7 Å². The number of amides is 1. The molecule has 0 N–H and O–H groups in total. The molecule has 3 aromatic rings. The van der Waals surface area contributed by atoms with Gasteiger partial charge in [0, 0.05) is 11.3 Å². The van der Waals surface area contributed by atoms with Crippen LogP contribution in [0.2, 0.25) is 0 Å². The summed E-state index contributed by atoms with van der Waals surface area (Å²) in [5.74, 6) is 1.41. The largest absolute Gasteiger partial charge is 0.497 e. The Balaban J connectivity index is 1.95. The first-order valence-electron chi connectivity index (χ1n) is 7.72. The quantitative estimate of drug-likeness (QED) is 0.697. The topological polar surface area (TPSA) is 42.7 Å². The summed E-state index contributed by atoms with van der Waals surface area (Å²) in [6, 6.07) is 18.7. The van der Waals surface area contributed by atoms with E-state index in [1.54, 1.807) is 18.3 Å². The van der Waals surface area contributed by atoms with E-state index in [1.807, 2.05) is 67.6 Å². The van der Waals surface area contributed by atoms with Gasteiger partial charge < -0.3 is 14.1 Å². The van der Waals surface area contributed by atoms with Gasteiger partial charge in [-0.05, 0) is 55.5 Å². The van der Waals surface area contributed by atoms with Crippen molar-refractivity contribution in [3.63, 3.8) is 0 Å². The van der Waals surface area contributed by atoms with Crippen LogP contribution < -0.4 is 9.64 Å². The van der Waals surface area contributed by atoms with Crippen molar-refractivity contribution in [1.82, 2.24) is 0 Å². The van der Waals surface area contributed by atoms with Crippen molar-refractivity contribution in [3.05, 3.63) is 83.8 Å².